The number of hydrogen-bond donors (Lipinski definition) is 2. The van der Waals surface area contributed by atoms with E-state index in [0.717, 1.165) is 40.7 Å². The summed E-state index contributed by atoms with van der Waals surface area (Å²) in [6, 6.07) is 59.5. The molecule has 8 rings (SSSR count). The van der Waals surface area contributed by atoms with Crippen LogP contribution in [0.3, 0.4) is 0 Å². The summed E-state index contributed by atoms with van der Waals surface area (Å²) in [5, 5.41) is 8.55. The van der Waals surface area contributed by atoms with Crippen molar-refractivity contribution in [3.63, 3.8) is 0 Å². The van der Waals surface area contributed by atoms with Gasteiger partial charge >= 0.3 is 17.9 Å². The second-order valence-corrected chi connectivity index (χ2v) is 15.8. The average molecular weight is 908 g/mol. The molecule has 0 aromatic heterocycles. The zero-order chi connectivity index (χ0) is 44.4. The van der Waals surface area contributed by atoms with Crippen LogP contribution in [0.15, 0.2) is 188 Å². The van der Waals surface area contributed by atoms with Crippen molar-refractivity contribution in [1.29, 1.82) is 0 Å². The van der Waals surface area contributed by atoms with E-state index in [2.05, 4.69) is 58.4 Å². The van der Waals surface area contributed by atoms with Gasteiger partial charge in [-0.3, -0.25) is 24.2 Å². The summed E-state index contributed by atoms with van der Waals surface area (Å²) in [4.78, 5) is 39.3. The Morgan fingerprint density at radius 3 is 1.52 bits per heavy atom. The Hall–Kier alpha value is -6.65. The van der Waals surface area contributed by atoms with Crippen LogP contribution in [0.1, 0.15) is 107 Å². The van der Waals surface area contributed by atoms with Crippen molar-refractivity contribution >= 4 is 24.0 Å². The normalized spacial score (nSPS) is 19.3. The Morgan fingerprint density at radius 1 is 0.627 bits per heavy atom. The molecule has 2 heterocycles. The van der Waals surface area contributed by atoms with E-state index >= 15 is 0 Å². The largest absolute Gasteiger partial charge is 0.480 e. The molecule has 9 nitrogen and oxygen atoms in total. The highest BCUT2D eigenvalue weighted by Gasteiger charge is 2.43. The number of ether oxygens (including phenoxy) is 2. The van der Waals surface area contributed by atoms with Crippen LogP contribution in [-0.4, -0.2) is 65.5 Å². The summed E-state index contributed by atoms with van der Waals surface area (Å²) >= 11 is 0. The quantitative estimate of drug-likeness (QED) is 0.116. The molecular weight excluding hydrogens is 835 g/mol. The Labute approximate surface area is 400 Å². The van der Waals surface area contributed by atoms with Crippen LogP contribution in [0.2, 0.25) is 0 Å². The van der Waals surface area contributed by atoms with Gasteiger partial charge < -0.3 is 20.3 Å². The first kappa shape index (κ1) is 56.5. The minimum atomic E-state index is -0.918. The average Bonchev–Trinajstić information content (AvgIpc) is 3.32. The first-order chi connectivity index (χ1) is 30.7. The maximum Gasteiger partial charge on any atom is 0.324 e. The van der Waals surface area contributed by atoms with E-state index in [0.29, 0.717) is 19.4 Å². The minimum absolute atomic E-state index is 0. The highest BCUT2D eigenvalue weighted by atomic mass is 16.6. The number of carbonyl (C=O) groups is 3. The van der Waals surface area contributed by atoms with Crippen LogP contribution in [0, 0.1) is 0 Å². The third-order valence-electron chi connectivity index (χ3n) is 11.3. The summed E-state index contributed by atoms with van der Waals surface area (Å²) in [5.74, 6) is -1.27. The van der Waals surface area contributed by atoms with Gasteiger partial charge in [0.1, 0.15) is 24.3 Å². The van der Waals surface area contributed by atoms with Gasteiger partial charge in [0, 0.05) is 0 Å². The molecule has 0 amide bonds. The molecule has 2 fully saturated rings. The number of nitrogens with two attached hydrogens (primary N) is 1. The number of rotatable bonds is 12. The number of aryl methyl sites for hydroxylation is 1. The Bertz CT molecular complexity index is 2320. The fraction of sp³-hybridized carbons (Fsp3) is 0.293. The molecule has 2 saturated heterocycles. The number of benzene rings is 6. The molecule has 2 aliphatic rings. The number of esters is 2. The highest BCUT2D eigenvalue weighted by Crippen LogP contribution is 2.42. The number of morpholine rings is 2. The summed E-state index contributed by atoms with van der Waals surface area (Å²) in [7, 11) is 3.99. The predicted octanol–water partition coefficient (Wildman–Crippen LogP) is 12.4. The molecule has 0 saturated carbocycles. The Morgan fingerprint density at radius 2 is 1.04 bits per heavy atom. The number of cyclic esters (lactones) is 2. The molecule has 6 aromatic carbocycles. The van der Waals surface area contributed by atoms with Gasteiger partial charge in [-0.15, -0.1) is 0 Å². The first-order valence-electron chi connectivity index (χ1n) is 21.5. The van der Waals surface area contributed by atoms with Gasteiger partial charge in [0.05, 0.1) is 18.6 Å². The van der Waals surface area contributed by atoms with E-state index in [-0.39, 0.29) is 72.0 Å². The van der Waals surface area contributed by atoms with E-state index in [1.165, 1.54) is 5.56 Å². The third-order valence-corrected chi connectivity index (χ3v) is 11.3. The van der Waals surface area contributed by atoms with Gasteiger partial charge in [0.25, 0.3) is 0 Å². The molecule has 0 bridgehead atoms. The van der Waals surface area contributed by atoms with Gasteiger partial charge in [-0.1, -0.05) is 224 Å². The van der Waals surface area contributed by atoms with Crippen molar-refractivity contribution in [2.24, 2.45) is 5.73 Å². The molecule has 6 aromatic rings. The topological polar surface area (TPSA) is 122 Å². The van der Waals surface area contributed by atoms with Crippen LogP contribution in [0.5, 0.6) is 0 Å². The first-order valence-corrected chi connectivity index (χ1v) is 21.5. The van der Waals surface area contributed by atoms with Crippen LogP contribution in [0.4, 0.5) is 0 Å². The van der Waals surface area contributed by atoms with Crippen LogP contribution >= 0.6 is 0 Å². The van der Waals surface area contributed by atoms with Gasteiger partial charge in [-0.25, -0.2) is 0 Å². The van der Waals surface area contributed by atoms with Gasteiger partial charge in [-0.05, 0) is 73.2 Å². The number of hydrogen-bond acceptors (Lipinski definition) is 8. The molecule has 3 N–H and O–H groups in total. The van der Waals surface area contributed by atoms with E-state index in [1.54, 1.807) is 0 Å². The maximum atomic E-state index is 12.9. The molecule has 2 unspecified atom stereocenters. The molecule has 6 atom stereocenters. The van der Waals surface area contributed by atoms with Crippen molar-refractivity contribution < 1.29 is 29.0 Å². The monoisotopic (exact) mass is 908 g/mol. The number of carbonyl (C=O) groups excluding carboxylic acids is 2. The lowest BCUT2D eigenvalue weighted by atomic mass is 9.91. The summed E-state index contributed by atoms with van der Waals surface area (Å²) < 4.78 is 11.6. The molecule has 0 spiro atoms. The third kappa shape index (κ3) is 16.3. The smallest absolute Gasteiger partial charge is 0.324 e. The van der Waals surface area contributed by atoms with Gasteiger partial charge in [0.2, 0.25) is 0 Å². The molecular formula is C58H73N3O6. The van der Waals surface area contributed by atoms with E-state index in [1.807, 2.05) is 160 Å². The molecule has 0 radical (unpaired) electrons. The second kappa shape index (κ2) is 29.1. The fourth-order valence-electron chi connectivity index (χ4n) is 8.00. The molecule has 356 valence electrons. The minimum Gasteiger partial charge on any atom is -0.480 e. The van der Waals surface area contributed by atoms with Crippen molar-refractivity contribution in [2.75, 3.05) is 20.6 Å². The Kier molecular flexibility index (Phi) is 24.5. The zero-order valence-electron chi connectivity index (χ0n) is 35.9. The molecule has 2 aliphatic heterocycles. The summed E-state index contributed by atoms with van der Waals surface area (Å²) in [5.41, 5.74) is 12.1. The summed E-state index contributed by atoms with van der Waals surface area (Å²) in [6.45, 7) is 0.322. The van der Waals surface area contributed by atoms with Crippen LogP contribution in [-0.2, 0) is 30.3 Å². The number of carboxylic acid groups (broad SMARTS) is 1. The number of likely N-dealkylation sites (N-methyl/N-ethyl adjacent to an activating group) is 2. The lowest BCUT2D eigenvalue weighted by molar-refractivity contribution is -0.173. The maximum absolute atomic E-state index is 12.9. The fourth-order valence-corrected chi connectivity index (χ4v) is 8.00. The zero-order valence-corrected chi connectivity index (χ0v) is 35.9. The SMILES string of the molecule is C.C.C.C.CN1C(C/C=C/c2ccccc2)C(=O)O[C@@H](c2ccccc2)[C@H]1c1ccccc1.CN1CC(=O)O[C@@H](c2ccccc2)[C@H]1c1ccccc1.NC(CCCc1ccccc1)C(=O)O. The second-order valence-electron chi connectivity index (χ2n) is 15.8. The lowest BCUT2D eigenvalue weighted by Gasteiger charge is -2.43. The van der Waals surface area contributed by atoms with Crippen LogP contribution < -0.4 is 5.73 Å². The van der Waals surface area contributed by atoms with Crippen LogP contribution in [0.25, 0.3) is 6.08 Å². The summed E-state index contributed by atoms with van der Waals surface area (Å²) in [6.07, 6.45) is 6.37. The number of carboxylic acids is 1. The number of nitrogens with zero attached hydrogens (tertiary/aromatic N) is 2. The highest BCUT2D eigenvalue weighted by molar-refractivity contribution is 5.78. The van der Waals surface area contributed by atoms with E-state index in [9.17, 15) is 14.4 Å². The van der Waals surface area contributed by atoms with Crippen molar-refractivity contribution in [2.45, 2.75) is 91.8 Å². The predicted molar refractivity (Wildman–Crippen MR) is 275 cm³/mol. The lowest BCUT2D eigenvalue weighted by Crippen LogP contribution is -2.49. The molecule has 67 heavy (non-hydrogen) atoms. The van der Waals surface area contributed by atoms with Crippen molar-refractivity contribution in [3.05, 3.63) is 221 Å². The molecule has 0 aliphatic carbocycles. The standard InChI is InChI=1S/C26H25NO2.C17H17NO2.C11H15NO2.4CH4/c1-27-23(19-11-14-20-12-5-2-6-13-20)26(28)29-25(22-17-9-4-10-18-22)24(27)21-15-7-3-8-16-21;1-18-12-15(19)20-17(14-10-6-3-7-11-14)16(18)13-8-4-2-5-9-13;12-10(11(13)14)8-4-7-9-5-2-1-3-6-9;;;;/h2-18,23-25H,19H2,1H3;2-11,16-17H,12H2,1H3;1-3,5-6,10H,4,7-8,12H2,(H,13,14);4*1H4/b14-11+;;;;;;/t23?,24-,25+;16-,17+;;;;;/m11...../s1. The van der Waals surface area contributed by atoms with Gasteiger partial charge in [-0.2, -0.15) is 0 Å². The Balaban J connectivity index is 0.000000357. The van der Waals surface area contributed by atoms with Crippen molar-refractivity contribution in [1.82, 2.24) is 9.80 Å². The molecule has 9 heteroatoms. The van der Waals surface area contributed by atoms with E-state index in [4.69, 9.17) is 20.3 Å². The van der Waals surface area contributed by atoms with Crippen molar-refractivity contribution in [3.8, 4) is 0 Å². The number of aliphatic carboxylic acids is 1. The van der Waals surface area contributed by atoms with Gasteiger partial charge in [0.15, 0.2) is 0 Å². The van der Waals surface area contributed by atoms with E-state index < -0.39 is 12.0 Å².